The van der Waals surface area contributed by atoms with Crippen LogP contribution in [-0.4, -0.2) is 28.2 Å². The van der Waals surface area contributed by atoms with Gasteiger partial charge in [-0.25, -0.2) is 4.98 Å². The van der Waals surface area contributed by atoms with E-state index >= 15 is 0 Å². The van der Waals surface area contributed by atoms with E-state index in [1.807, 2.05) is 30.3 Å². The number of carbonyl (C=O) groups excluding carboxylic acids is 1. The zero-order valence-electron chi connectivity index (χ0n) is 10.0. The lowest BCUT2D eigenvalue weighted by Gasteiger charge is -2.04. The maximum atomic E-state index is 11.7. The van der Waals surface area contributed by atoms with Gasteiger partial charge in [-0.15, -0.1) is 11.8 Å². The van der Waals surface area contributed by atoms with Gasteiger partial charge in [0.05, 0.1) is 12.4 Å². The summed E-state index contributed by atoms with van der Waals surface area (Å²) >= 11 is 7.36. The molecule has 6 heteroatoms. The second-order valence-electron chi connectivity index (χ2n) is 3.64. The van der Waals surface area contributed by atoms with Gasteiger partial charge in [-0.2, -0.15) is 0 Å². The van der Waals surface area contributed by atoms with Crippen LogP contribution in [0, 0.1) is 0 Å². The summed E-state index contributed by atoms with van der Waals surface area (Å²) in [6.07, 6.45) is 2.79. The average molecular weight is 294 g/mol. The molecule has 1 aromatic carbocycles. The van der Waals surface area contributed by atoms with E-state index in [9.17, 15) is 4.79 Å². The van der Waals surface area contributed by atoms with E-state index in [4.69, 9.17) is 11.6 Å². The van der Waals surface area contributed by atoms with Crippen molar-refractivity contribution < 1.29 is 4.79 Å². The van der Waals surface area contributed by atoms with Crippen LogP contribution in [0.15, 0.2) is 47.6 Å². The summed E-state index contributed by atoms with van der Waals surface area (Å²) in [4.78, 5) is 20.6. The van der Waals surface area contributed by atoms with Crippen molar-refractivity contribution in [3.05, 3.63) is 53.6 Å². The molecule has 4 nitrogen and oxygen atoms in total. The number of carbonyl (C=O) groups is 1. The molecule has 0 radical (unpaired) electrons. The Bertz CT molecular complexity index is 551. The minimum absolute atomic E-state index is 0.214. The third-order valence-electron chi connectivity index (χ3n) is 2.24. The van der Waals surface area contributed by atoms with E-state index in [0.717, 1.165) is 5.75 Å². The van der Waals surface area contributed by atoms with Crippen molar-refractivity contribution in [2.45, 2.75) is 4.90 Å². The van der Waals surface area contributed by atoms with E-state index < -0.39 is 0 Å². The molecule has 0 unspecified atom stereocenters. The number of nitrogens with zero attached hydrogens (tertiary/aromatic N) is 2. The Kier molecular flexibility index (Phi) is 5.18. The van der Waals surface area contributed by atoms with Crippen molar-refractivity contribution in [3.63, 3.8) is 0 Å². The molecule has 98 valence electrons. The maximum absolute atomic E-state index is 11.7. The summed E-state index contributed by atoms with van der Waals surface area (Å²) in [6, 6.07) is 10.0. The maximum Gasteiger partial charge on any atom is 0.271 e. The molecule has 0 fully saturated rings. The van der Waals surface area contributed by atoms with Gasteiger partial charge in [-0.3, -0.25) is 9.78 Å². The molecule has 0 bridgehead atoms. The van der Waals surface area contributed by atoms with Gasteiger partial charge < -0.3 is 5.32 Å². The fraction of sp³-hybridized carbons (Fsp3) is 0.154. The molecule has 1 heterocycles. The molecular weight excluding hydrogens is 282 g/mol. The summed E-state index contributed by atoms with van der Waals surface area (Å²) in [6.45, 7) is 0.562. The van der Waals surface area contributed by atoms with Gasteiger partial charge >= 0.3 is 0 Å². The van der Waals surface area contributed by atoms with Crippen molar-refractivity contribution in [2.24, 2.45) is 0 Å². The SMILES string of the molecule is O=C(NCCSc1ccccc1)c1cncc(Cl)n1. The van der Waals surface area contributed by atoms with E-state index in [0.29, 0.717) is 6.54 Å². The molecule has 0 atom stereocenters. The van der Waals surface area contributed by atoms with Gasteiger partial charge in [0, 0.05) is 17.2 Å². The second-order valence-corrected chi connectivity index (χ2v) is 5.20. The first-order valence-corrected chi connectivity index (χ1v) is 7.05. The number of aromatic nitrogens is 2. The number of rotatable bonds is 5. The van der Waals surface area contributed by atoms with Crippen LogP contribution >= 0.6 is 23.4 Å². The zero-order valence-corrected chi connectivity index (χ0v) is 11.6. The summed E-state index contributed by atoms with van der Waals surface area (Å²) in [5.74, 6) is 0.535. The van der Waals surface area contributed by atoms with Gasteiger partial charge in [0.15, 0.2) is 0 Å². The summed E-state index contributed by atoms with van der Waals surface area (Å²) < 4.78 is 0. The van der Waals surface area contributed by atoms with Gasteiger partial charge in [0.25, 0.3) is 5.91 Å². The van der Waals surface area contributed by atoms with E-state index in [1.165, 1.54) is 17.3 Å². The van der Waals surface area contributed by atoms with Crippen molar-refractivity contribution in [2.75, 3.05) is 12.3 Å². The van der Waals surface area contributed by atoms with E-state index in [2.05, 4.69) is 15.3 Å². The number of nitrogens with one attached hydrogen (secondary N) is 1. The minimum Gasteiger partial charge on any atom is -0.350 e. The molecule has 1 aromatic heterocycles. The van der Waals surface area contributed by atoms with E-state index in [-0.39, 0.29) is 16.8 Å². The van der Waals surface area contributed by atoms with Crippen LogP contribution in [0.4, 0.5) is 0 Å². The smallest absolute Gasteiger partial charge is 0.271 e. The highest BCUT2D eigenvalue weighted by atomic mass is 35.5. The van der Waals surface area contributed by atoms with Crippen LogP contribution in [0.3, 0.4) is 0 Å². The lowest BCUT2D eigenvalue weighted by Crippen LogP contribution is -2.26. The standard InChI is InChI=1S/C13H12ClN3OS/c14-12-9-15-8-11(17-12)13(18)16-6-7-19-10-4-2-1-3-5-10/h1-5,8-9H,6-7H2,(H,16,18). The Morgan fingerprint density at radius 1 is 1.26 bits per heavy atom. The first kappa shape index (κ1) is 13.8. The van der Waals surface area contributed by atoms with Crippen LogP contribution in [0.2, 0.25) is 5.15 Å². The molecule has 2 aromatic rings. The van der Waals surface area contributed by atoms with Gasteiger partial charge in [0.2, 0.25) is 0 Å². The molecular formula is C13H12ClN3OS. The minimum atomic E-state index is -0.260. The van der Waals surface area contributed by atoms with Crippen LogP contribution < -0.4 is 5.32 Å². The predicted octanol–water partition coefficient (Wildman–Crippen LogP) is 2.65. The van der Waals surface area contributed by atoms with Crippen LogP contribution in [0.1, 0.15) is 10.5 Å². The number of thioether (sulfide) groups is 1. The monoisotopic (exact) mass is 293 g/mol. The topological polar surface area (TPSA) is 54.9 Å². The van der Waals surface area contributed by atoms with Crippen LogP contribution in [0.25, 0.3) is 0 Å². The highest BCUT2D eigenvalue weighted by Gasteiger charge is 2.07. The first-order chi connectivity index (χ1) is 9.25. The molecule has 19 heavy (non-hydrogen) atoms. The average Bonchev–Trinajstić information content (AvgIpc) is 2.44. The Morgan fingerprint density at radius 2 is 2.05 bits per heavy atom. The van der Waals surface area contributed by atoms with Gasteiger partial charge in [0.1, 0.15) is 10.8 Å². The van der Waals surface area contributed by atoms with Crippen molar-refractivity contribution >= 4 is 29.3 Å². The van der Waals surface area contributed by atoms with E-state index in [1.54, 1.807) is 11.8 Å². The van der Waals surface area contributed by atoms with Crippen LogP contribution in [-0.2, 0) is 0 Å². The lowest BCUT2D eigenvalue weighted by atomic mass is 10.4. The number of benzene rings is 1. The fourth-order valence-corrected chi connectivity index (χ4v) is 2.33. The Morgan fingerprint density at radius 3 is 2.79 bits per heavy atom. The second kappa shape index (κ2) is 7.11. The fourth-order valence-electron chi connectivity index (χ4n) is 1.39. The Labute approximate surface area is 120 Å². The summed E-state index contributed by atoms with van der Waals surface area (Å²) in [5, 5.41) is 2.99. The van der Waals surface area contributed by atoms with Crippen LogP contribution in [0.5, 0.6) is 0 Å². The Balaban J connectivity index is 1.75. The highest BCUT2D eigenvalue weighted by molar-refractivity contribution is 7.99. The normalized spacial score (nSPS) is 10.2. The van der Waals surface area contributed by atoms with Gasteiger partial charge in [-0.05, 0) is 12.1 Å². The predicted molar refractivity (Wildman–Crippen MR) is 76.5 cm³/mol. The molecule has 0 aliphatic rings. The Hall–Kier alpha value is -1.59. The molecule has 0 saturated heterocycles. The molecule has 0 aliphatic carbocycles. The first-order valence-electron chi connectivity index (χ1n) is 5.69. The molecule has 0 spiro atoms. The van der Waals surface area contributed by atoms with Crippen molar-refractivity contribution in [3.8, 4) is 0 Å². The third-order valence-corrected chi connectivity index (χ3v) is 3.43. The number of hydrogen-bond acceptors (Lipinski definition) is 4. The largest absolute Gasteiger partial charge is 0.350 e. The number of amides is 1. The molecule has 0 saturated carbocycles. The molecule has 0 aliphatic heterocycles. The quantitative estimate of drug-likeness (QED) is 0.680. The zero-order chi connectivity index (χ0) is 13.5. The molecule has 1 amide bonds. The number of halogens is 1. The molecule has 2 rings (SSSR count). The van der Waals surface area contributed by atoms with Gasteiger partial charge in [-0.1, -0.05) is 29.8 Å². The molecule has 1 N–H and O–H groups in total. The third kappa shape index (κ3) is 4.54. The number of hydrogen-bond donors (Lipinski definition) is 1. The highest BCUT2D eigenvalue weighted by Crippen LogP contribution is 2.15. The summed E-state index contributed by atoms with van der Waals surface area (Å²) in [5.41, 5.74) is 0.234. The summed E-state index contributed by atoms with van der Waals surface area (Å²) in [7, 11) is 0. The van der Waals surface area contributed by atoms with Crippen molar-refractivity contribution in [1.29, 1.82) is 0 Å². The van der Waals surface area contributed by atoms with Crippen molar-refractivity contribution in [1.82, 2.24) is 15.3 Å². The lowest BCUT2D eigenvalue weighted by molar-refractivity contribution is 0.0951.